The van der Waals surface area contributed by atoms with Crippen LogP contribution in [0.1, 0.15) is 24.2 Å². The first-order chi connectivity index (χ1) is 9.65. The second kappa shape index (κ2) is 8.47. The molecular formula is C14H23ClN2O4S. The number of ether oxygens (including phenoxy) is 1. The number of carbonyl (C=O) groups is 1. The van der Waals surface area contributed by atoms with Gasteiger partial charge in [-0.15, -0.1) is 12.4 Å². The van der Waals surface area contributed by atoms with Crippen molar-refractivity contribution in [2.24, 2.45) is 5.73 Å². The monoisotopic (exact) mass is 350 g/mol. The number of amides is 1. The Morgan fingerprint density at radius 3 is 2.27 bits per heavy atom. The normalized spacial score (nSPS) is 11.6. The number of halogens is 1. The molecule has 1 aromatic carbocycles. The van der Waals surface area contributed by atoms with Crippen LogP contribution in [0.2, 0.25) is 0 Å². The summed E-state index contributed by atoms with van der Waals surface area (Å²) in [5, 5.41) is 2.70. The second-order valence-corrected chi connectivity index (χ2v) is 7.62. The molecule has 126 valence electrons. The number of methoxy groups -OCH3 is 1. The van der Waals surface area contributed by atoms with Crippen molar-refractivity contribution in [2.75, 3.05) is 26.0 Å². The first-order valence-corrected chi connectivity index (χ1v) is 8.20. The zero-order chi connectivity index (χ0) is 16.1. The Hall–Kier alpha value is -1.15. The van der Waals surface area contributed by atoms with Crippen molar-refractivity contribution in [3.8, 4) is 0 Å². The average molecular weight is 351 g/mol. The van der Waals surface area contributed by atoms with Gasteiger partial charge in [-0.05, 0) is 38.1 Å². The molecule has 0 saturated carbocycles. The van der Waals surface area contributed by atoms with Gasteiger partial charge in [-0.25, -0.2) is 8.42 Å². The highest BCUT2D eigenvalue weighted by atomic mass is 35.5. The first-order valence-electron chi connectivity index (χ1n) is 6.54. The number of benzene rings is 1. The van der Waals surface area contributed by atoms with E-state index < -0.39 is 15.4 Å². The van der Waals surface area contributed by atoms with E-state index in [1.807, 2.05) is 0 Å². The number of nitrogens with two attached hydrogens (primary N) is 1. The molecule has 1 rings (SSSR count). The molecule has 8 heteroatoms. The molecule has 0 bridgehead atoms. The summed E-state index contributed by atoms with van der Waals surface area (Å²) < 4.78 is 28.6. The molecule has 6 nitrogen and oxygen atoms in total. The molecule has 0 aliphatic carbocycles. The van der Waals surface area contributed by atoms with Gasteiger partial charge in [0, 0.05) is 24.8 Å². The number of nitrogens with one attached hydrogen (secondary N) is 1. The molecule has 0 radical (unpaired) electrons. The van der Waals surface area contributed by atoms with Crippen LogP contribution in [0.5, 0.6) is 0 Å². The lowest BCUT2D eigenvalue weighted by atomic mass is 10.1. The van der Waals surface area contributed by atoms with Gasteiger partial charge in [0.1, 0.15) is 0 Å². The van der Waals surface area contributed by atoms with E-state index in [2.05, 4.69) is 5.32 Å². The molecule has 0 aliphatic rings. The highest BCUT2D eigenvalue weighted by Crippen LogP contribution is 2.12. The number of carbonyl (C=O) groups excluding carboxylic acids is 1. The third kappa shape index (κ3) is 6.74. The first kappa shape index (κ1) is 20.9. The third-order valence-corrected chi connectivity index (χ3v) is 4.43. The van der Waals surface area contributed by atoms with Crippen LogP contribution in [0.25, 0.3) is 0 Å². The van der Waals surface area contributed by atoms with Gasteiger partial charge in [-0.3, -0.25) is 4.79 Å². The fraction of sp³-hybridized carbons (Fsp3) is 0.500. The SMILES string of the molecule is COCCS(=O)(=O)c1ccc(C(=O)NCC(C)(C)N)cc1.Cl. The van der Waals surface area contributed by atoms with Crippen LogP contribution in [0.4, 0.5) is 0 Å². The standard InChI is InChI=1S/C14H22N2O4S.ClH/c1-14(2,15)10-16-13(17)11-4-6-12(7-5-11)21(18,19)9-8-20-3;/h4-7H,8-10,15H2,1-3H3,(H,16,17);1H. The lowest BCUT2D eigenvalue weighted by molar-refractivity contribution is 0.0946. The molecule has 0 atom stereocenters. The van der Waals surface area contributed by atoms with Crippen molar-refractivity contribution in [3.05, 3.63) is 29.8 Å². The van der Waals surface area contributed by atoms with Gasteiger partial charge < -0.3 is 15.8 Å². The maximum Gasteiger partial charge on any atom is 0.251 e. The summed E-state index contributed by atoms with van der Waals surface area (Å²) in [6.45, 7) is 4.08. The lowest BCUT2D eigenvalue weighted by Gasteiger charge is -2.18. The molecule has 1 aromatic rings. The average Bonchev–Trinajstić information content (AvgIpc) is 2.42. The minimum atomic E-state index is -3.38. The van der Waals surface area contributed by atoms with Crippen molar-refractivity contribution in [3.63, 3.8) is 0 Å². The molecule has 0 saturated heterocycles. The molecule has 3 N–H and O–H groups in total. The Balaban J connectivity index is 0.00000441. The van der Waals surface area contributed by atoms with E-state index in [-0.39, 0.29) is 35.6 Å². The van der Waals surface area contributed by atoms with Crippen molar-refractivity contribution in [1.29, 1.82) is 0 Å². The number of rotatable bonds is 7. The predicted molar refractivity (Wildman–Crippen MR) is 88.2 cm³/mol. The van der Waals surface area contributed by atoms with E-state index in [4.69, 9.17) is 10.5 Å². The number of sulfone groups is 1. The topological polar surface area (TPSA) is 98.5 Å². The Morgan fingerprint density at radius 2 is 1.82 bits per heavy atom. The molecule has 0 aromatic heterocycles. The van der Waals surface area contributed by atoms with Crippen molar-refractivity contribution in [1.82, 2.24) is 5.32 Å². The van der Waals surface area contributed by atoms with E-state index in [1.165, 1.54) is 31.4 Å². The van der Waals surface area contributed by atoms with Crippen LogP contribution in [0.3, 0.4) is 0 Å². The van der Waals surface area contributed by atoms with Crippen LogP contribution in [0.15, 0.2) is 29.2 Å². The molecule has 0 heterocycles. The summed E-state index contributed by atoms with van der Waals surface area (Å²) >= 11 is 0. The quantitative estimate of drug-likeness (QED) is 0.764. The van der Waals surface area contributed by atoms with Gasteiger partial charge in [-0.2, -0.15) is 0 Å². The number of hydrogen-bond acceptors (Lipinski definition) is 5. The van der Waals surface area contributed by atoms with Crippen LogP contribution < -0.4 is 11.1 Å². The van der Waals surface area contributed by atoms with Crippen molar-refractivity contribution in [2.45, 2.75) is 24.3 Å². The van der Waals surface area contributed by atoms with E-state index >= 15 is 0 Å². The van der Waals surface area contributed by atoms with Crippen molar-refractivity contribution < 1.29 is 17.9 Å². The number of hydrogen-bond donors (Lipinski definition) is 2. The predicted octanol–water partition coefficient (Wildman–Crippen LogP) is 0.996. The van der Waals surface area contributed by atoms with Gasteiger partial charge in [0.25, 0.3) is 5.91 Å². The second-order valence-electron chi connectivity index (χ2n) is 5.51. The van der Waals surface area contributed by atoms with Crippen LogP contribution in [-0.2, 0) is 14.6 Å². The summed E-state index contributed by atoms with van der Waals surface area (Å²) in [7, 11) is -1.93. The van der Waals surface area contributed by atoms with Gasteiger partial charge >= 0.3 is 0 Å². The largest absolute Gasteiger partial charge is 0.384 e. The van der Waals surface area contributed by atoms with Crippen LogP contribution >= 0.6 is 12.4 Å². The molecule has 0 fully saturated rings. The van der Waals surface area contributed by atoms with Crippen LogP contribution in [0, 0.1) is 0 Å². The lowest BCUT2D eigenvalue weighted by Crippen LogP contribution is -2.45. The molecule has 0 spiro atoms. The maximum absolute atomic E-state index is 11.9. The smallest absolute Gasteiger partial charge is 0.251 e. The Labute approximate surface area is 137 Å². The molecular weight excluding hydrogens is 328 g/mol. The highest BCUT2D eigenvalue weighted by molar-refractivity contribution is 7.91. The van der Waals surface area contributed by atoms with Gasteiger partial charge in [0.15, 0.2) is 9.84 Å². The summed E-state index contributed by atoms with van der Waals surface area (Å²) in [5.41, 5.74) is 5.68. The minimum Gasteiger partial charge on any atom is -0.384 e. The zero-order valence-corrected chi connectivity index (χ0v) is 14.6. The maximum atomic E-state index is 11.9. The fourth-order valence-corrected chi connectivity index (χ4v) is 2.71. The Morgan fingerprint density at radius 1 is 1.27 bits per heavy atom. The van der Waals surface area contributed by atoms with Gasteiger partial charge in [-0.1, -0.05) is 0 Å². The molecule has 0 unspecified atom stereocenters. The zero-order valence-electron chi connectivity index (χ0n) is 13.0. The van der Waals surface area contributed by atoms with Gasteiger partial charge in [0.05, 0.1) is 17.3 Å². The van der Waals surface area contributed by atoms with E-state index in [0.717, 1.165) is 0 Å². The van der Waals surface area contributed by atoms with E-state index in [1.54, 1.807) is 13.8 Å². The van der Waals surface area contributed by atoms with E-state index in [0.29, 0.717) is 12.1 Å². The summed E-state index contributed by atoms with van der Waals surface area (Å²) in [6, 6.07) is 5.82. The summed E-state index contributed by atoms with van der Waals surface area (Å²) in [4.78, 5) is 12.1. The summed E-state index contributed by atoms with van der Waals surface area (Å²) in [5.74, 6) is -0.370. The van der Waals surface area contributed by atoms with Crippen molar-refractivity contribution >= 4 is 28.2 Å². The Kier molecular flexibility index (Phi) is 8.03. The highest BCUT2D eigenvalue weighted by Gasteiger charge is 2.16. The Bertz CT molecular complexity index is 580. The molecule has 0 aliphatic heterocycles. The van der Waals surface area contributed by atoms with Gasteiger partial charge in [0.2, 0.25) is 0 Å². The molecule has 22 heavy (non-hydrogen) atoms. The minimum absolute atomic E-state index is 0. The summed E-state index contributed by atoms with van der Waals surface area (Å²) in [6.07, 6.45) is 0. The van der Waals surface area contributed by atoms with E-state index in [9.17, 15) is 13.2 Å². The third-order valence-electron chi connectivity index (χ3n) is 2.74. The fourth-order valence-electron chi connectivity index (χ4n) is 1.53. The molecule has 1 amide bonds. The van der Waals surface area contributed by atoms with Crippen LogP contribution in [-0.4, -0.2) is 45.9 Å².